The van der Waals surface area contributed by atoms with E-state index in [1.807, 2.05) is 55.4 Å². The Kier molecular flexibility index (Phi) is 7.35. The number of nitrogens with zero attached hydrogens (tertiary/aromatic N) is 3. The topological polar surface area (TPSA) is 88.6 Å². The lowest BCUT2D eigenvalue weighted by atomic mass is 9.91. The van der Waals surface area contributed by atoms with E-state index in [4.69, 9.17) is 19.4 Å². The maximum atomic E-state index is 12.6. The minimum Gasteiger partial charge on any atom is -0.497 e. The largest absolute Gasteiger partial charge is 0.497 e. The summed E-state index contributed by atoms with van der Waals surface area (Å²) in [5.41, 5.74) is 1.80. The summed E-state index contributed by atoms with van der Waals surface area (Å²) >= 11 is 0. The molecule has 0 aliphatic heterocycles. The Labute approximate surface area is 200 Å². The predicted molar refractivity (Wildman–Crippen MR) is 135 cm³/mol. The average Bonchev–Trinajstić information content (AvgIpc) is 2.84. The predicted octanol–water partition coefficient (Wildman–Crippen LogP) is 3.80. The molecule has 2 N–H and O–H groups in total. The molecule has 1 fully saturated rings. The first-order valence-corrected chi connectivity index (χ1v) is 11.7. The summed E-state index contributed by atoms with van der Waals surface area (Å²) < 4.78 is 10.6. The lowest BCUT2D eigenvalue weighted by molar-refractivity contribution is -0.121. The Bertz CT molecular complexity index is 1120. The first-order chi connectivity index (χ1) is 16.4. The van der Waals surface area contributed by atoms with Gasteiger partial charge in [0, 0.05) is 37.6 Å². The van der Waals surface area contributed by atoms with Gasteiger partial charge in [0.25, 0.3) is 0 Å². The van der Waals surface area contributed by atoms with Crippen molar-refractivity contribution >= 4 is 28.6 Å². The van der Waals surface area contributed by atoms with Gasteiger partial charge in [0.05, 0.1) is 26.2 Å². The first kappa shape index (κ1) is 23.6. The highest BCUT2D eigenvalue weighted by Crippen LogP contribution is 2.27. The smallest absolute Gasteiger partial charge is 0.225 e. The van der Waals surface area contributed by atoms with Crippen molar-refractivity contribution < 1.29 is 14.3 Å². The van der Waals surface area contributed by atoms with Gasteiger partial charge in [-0.1, -0.05) is 12.1 Å². The molecule has 0 atom stereocenters. The summed E-state index contributed by atoms with van der Waals surface area (Å²) in [5.74, 6) is 2.94. The number of aromatic nitrogens is 2. The molecule has 8 heteroatoms. The third kappa shape index (κ3) is 5.68. The molecule has 3 aromatic rings. The molecular weight excluding hydrogens is 430 g/mol. The lowest BCUT2D eigenvalue weighted by Gasteiger charge is -2.30. The van der Waals surface area contributed by atoms with Crippen molar-refractivity contribution in [1.82, 2.24) is 15.3 Å². The molecule has 1 saturated carbocycles. The molecule has 180 valence electrons. The van der Waals surface area contributed by atoms with Gasteiger partial charge in [-0.05, 0) is 55.5 Å². The number of ether oxygens (including phenoxy) is 2. The van der Waals surface area contributed by atoms with Crippen LogP contribution in [0.3, 0.4) is 0 Å². The molecule has 2 aromatic carbocycles. The van der Waals surface area contributed by atoms with Crippen LogP contribution in [0, 0.1) is 0 Å². The molecule has 34 heavy (non-hydrogen) atoms. The van der Waals surface area contributed by atoms with E-state index in [0.29, 0.717) is 23.9 Å². The fourth-order valence-corrected chi connectivity index (χ4v) is 4.46. The van der Waals surface area contributed by atoms with Crippen molar-refractivity contribution in [1.29, 1.82) is 0 Å². The van der Waals surface area contributed by atoms with Crippen LogP contribution in [0.4, 0.5) is 11.8 Å². The number of carbonyl (C=O) groups excluding carboxylic acids is 1. The van der Waals surface area contributed by atoms with Crippen LogP contribution >= 0.6 is 0 Å². The third-order valence-corrected chi connectivity index (χ3v) is 6.21. The molecule has 0 bridgehead atoms. The molecule has 0 unspecified atom stereocenters. The van der Waals surface area contributed by atoms with Crippen LogP contribution in [0.15, 0.2) is 42.5 Å². The summed E-state index contributed by atoms with van der Waals surface area (Å²) in [6.45, 7) is 0. The quantitative estimate of drug-likeness (QED) is 0.525. The minimum absolute atomic E-state index is 0.0141. The number of benzene rings is 2. The van der Waals surface area contributed by atoms with Crippen molar-refractivity contribution in [3.63, 3.8) is 0 Å². The zero-order chi connectivity index (χ0) is 24.1. The lowest BCUT2D eigenvalue weighted by Crippen LogP contribution is -2.40. The van der Waals surface area contributed by atoms with Crippen molar-refractivity contribution in [3.05, 3.63) is 48.0 Å². The van der Waals surface area contributed by atoms with Gasteiger partial charge in [0.15, 0.2) is 0 Å². The number of nitrogens with one attached hydrogen (secondary N) is 2. The zero-order valence-corrected chi connectivity index (χ0v) is 20.3. The van der Waals surface area contributed by atoms with E-state index in [0.717, 1.165) is 48.0 Å². The van der Waals surface area contributed by atoms with E-state index in [-0.39, 0.29) is 18.0 Å². The van der Waals surface area contributed by atoms with Gasteiger partial charge in [0.2, 0.25) is 11.9 Å². The molecule has 0 radical (unpaired) electrons. The van der Waals surface area contributed by atoms with Gasteiger partial charge in [-0.3, -0.25) is 4.79 Å². The second-order valence-electron chi connectivity index (χ2n) is 8.94. The van der Waals surface area contributed by atoms with E-state index in [2.05, 4.69) is 10.6 Å². The van der Waals surface area contributed by atoms with Crippen LogP contribution < -0.4 is 25.0 Å². The standard InChI is InChI=1S/C26H33N5O3/c1-31(2)25-22-7-5-6-8-23(22)29-26(30-25)28-19-11-9-18(10-12-19)27-24(32)15-17-13-20(33-3)16-21(14-17)34-4/h5-8,13-14,16,18-19H,9-12,15H2,1-4H3,(H,27,32)(H,28,29,30). The first-order valence-electron chi connectivity index (χ1n) is 11.7. The molecular formula is C26H33N5O3. The Balaban J connectivity index is 1.32. The van der Waals surface area contributed by atoms with E-state index in [1.54, 1.807) is 20.3 Å². The van der Waals surface area contributed by atoms with Gasteiger partial charge in [-0.2, -0.15) is 4.98 Å². The summed E-state index contributed by atoms with van der Waals surface area (Å²) in [7, 11) is 7.20. The Hall–Kier alpha value is -3.55. The van der Waals surface area contributed by atoms with Crippen molar-refractivity contribution in [2.75, 3.05) is 38.5 Å². The highest BCUT2D eigenvalue weighted by atomic mass is 16.5. The van der Waals surface area contributed by atoms with Crippen molar-refractivity contribution in [3.8, 4) is 11.5 Å². The fourth-order valence-electron chi connectivity index (χ4n) is 4.46. The van der Waals surface area contributed by atoms with E-state index in [9.17, 15) is 4.79 Å². The highest BCUT2D eigenvalue weighted by Gasteiger charge is 2.23. The van der Waals surface area contributed by atoms with Crippen LogP contribution in [-0.2, 0) is 11.2 Å². The van der Waals surface area contributed by atoms with E-state index >= 15 is 0 Å². The molecule has 4 rings (SSSR count). The van der Waals surface area contributed by atoms with Gasteiger partial charge in [-0.15, -0.1) is 0 Å². The van der Waals surface area contributed by atoms with Crippen LogP contribution in [0.25, 0.3) is 10.9 Å². The average molecular weight is 464 g/mol. The van der Waals surface area contributed by atoms with E-state index < -0.39 is 0 Å². The zero-order valence-electron chi connectivity index (χ0n) is 20.3. The molecule has 1 aromatic heterocycles. The highest BCUT2D eigenvalue weighted by molar-refractivity contribution is 5.90. The number of hydrogen-bond donors (Lipinski definition) is 2. The molecule has 1 amide bonds. The second-order valence-corrected chi connectivity index (χ2v) is 8.94. The van der Waals surface area contributed by atoms with Crippen LogP contribution in [-0.4, -0.2) is 56.3 Å². The summed E-state index contributed by atoms with van der Waals surface area (Å²) in [6, 6.07) is 14.1. The van der Waals surface area contributed by atoms with Crippen molar-refractivity contribution in [2.24, 2.45) is 0 Å². The molecule has 1 aliphatic carbocycles. The number of para-hydroxylation sites is 1. The number of hydrogen-bond acceptors (Lipinski definition) is 7. The Morgan fingerprint density at radius 3 is 2.26 bits per heavy atom. The number of anilines is 2. The van der Waals surface area contributed by atoms with Crippen LogP contribution in [0.5, 0.6) is 11.5 Å². The normalized spacial score (nSPS) is 17.8. The number of amides is 1. The van der Waals surface area contributed by atoms with Gasteiger partial charge in [0.1, 0.15) is 17.3 Å². The molecule has 0 saturated heterocycles. The second kappa shape index (κ2) is 10.6. The minimum atomic E-state index is 0.0141. The maximum absolute atomic E-state index is 12.6. The SMILES string of the molecule is COc1cc(CC(=O)NC2CCC(Nc3nc(N(C)C)c4ccccc4n3)CC2)cc(OC)c1. The van der Waals surface area contributed by atoms with Crippen LogP contribution in [0.1, 0.15) is 31.2 Å². The van der Waals surface area contributed by atoms with Crippen LogP contribution in [0.2, 0.25) is 0 Å². The maximum Gasteiger partial charge on any atom is 0.225 e. The number of fused-ring (bicyclic) bond motifs is 1. The monoisotopic (exact) mass is 463 g/mol. The van der Waals surface area contributed by atoms with Gasteiger partial charge in [-0.25, -0.2) is 4.98 Å². The number of rotatable bonds is 8. The number of carbonyl (C=O) groups is 1. The summed E-state index contributed by atoms with van der Waals surface area (Å²) in [5, 5.41) is 7.75. The fraction of sp³-hybridized carbons (Fsp3) is 0.423. The molecule has 0 spiro atoms. The Morgan fingerprint density at radius 1 is 0.971 bits per heavy atom. The van der Waals surface area contributed by atoms with Gasteiger partial charge >= 0.3 is 0 Å². The molecule has 1 heterocycles. The third-order valence-electron chi connectivity index (χ3n) is 6.21. The number of methoxy groups -OCH3 is 2. The molecule has 1 aliphatic rings. The van der Waals surface area contributed by atoms with Crippen molar-refractivity contribution in [2.45, 2.75) is 44.2 Å². The Morgan fingerprint density at radius 2 is 1.62 bits per heavy atom. The van der Waals surface area contributed by atoms with Gasteiger partial charge < -0.3 is 25.0 Å². The summed E-state index contributed by atoms with van der Waals surface area (Å²) in [6.07, 6.45) is 4.03. The molecule has 8 nitrogen and oxygen atoms in total. The summed E-state index contributed by atoms with van der Waals surface area (Å²) in [4.78, 5) is 24.1. The van der Waals surface area contributed by atoms with E-state index in [1.165, 1.54) is 0 Å².